The van der Waals surface area contributed by atoms with Crippen LogP contribution < -0.4 is 10.6 Å². The highest BCUT2D eigenvalue weighted by Gasteiger charge is 2.07. The minimum atomic E-state index is -1.05. The lowest BCUT2D eigenvalue weighted by Crippen LogP contribution is -2.19. The van der Waals surface area contributed by atoms with Crippen LogP contribution in [0.4, 0.5) is 16.2 Å². The number of rotatable bonds is 3. The molecule has 0 aliphatic heterocycles. The van der Waals surface area contributed by atoms with Crippen molar-refractivity contribution in [2.24, 2.45) is 0 Å². The largest absolute Gasteiger partial charge is 0.478 e. The van der Waals surface area contributed by atoms with Gasteiger partial charge in [-0.2, -0.15) is 0 Å². The summed E-state index contributed by atoms with van der Waals surface area (Å²) in [6.45, 7) is 0. The molecule has 2 aromatic carbocycles. The third-order valence-corrected chi connectivity index (χ3v) is 3.76. The zero-order chi connectivity index (χ0) is 15.4. The Labute approximate surface area is 134 Å². The Morgan fingerprint density at radius 1 is 1.05 bits per heavy atom. The SMILES string of the molecule is O=C(Nc1cccc(C(=O)O)c1)Nc1ccc(Cl)c(Br)c1. The van der Waals surface area contributed by atoms with Gasteiger partial charge < -0.3 is 15.7 Å². The normalized spacial score (nSPS) is 10.0. The minimum Gasteiger partial charge on any atom is -0.478 e. The van der Waals surface area contributed by atoms with Crippen LogP contribution in [0.5, 0.6) is 0 Å². The molecule has 0 bridgehead atoms. The van der Waals surface area contributed by atoms with Crippen molar-refractivity contribution in [1.82, 2.24) is 0 Å². The fourth-order valence-corrected chi connectivity index (χ4v) is 2.09. The first-order valence-corrected chi connectivity index (χ1v) is 6.99. The molecule has 2 amide bonds. The third-order valence-electron chi connectivity index (χ3n) is 2.54. The predicted octanol–water partition coefficient (Wildman–Crippen LogP) is 4.44. The van der Waals surface area contributed by atoms with Crippen LogP contribution in [0.3, 0.4) is 0 Å². The summed E-state index contributed by atoms with van der Waals surface area (Å²) in [6, 6.07) is 10.5. The number of nitrogens with one attached hydrogen (secondary N) is 2. The van der Waals surface area contributed by atoms with Crippen molar-refractivity contribution >= 4 is 50.9 Å². The van der Waals surface area contributed by atoms with Crippen LogP contribution in [-0.4, -0.2) is 17.1 Å². The molecule has 0 atom stereocenters. The van der Waals surface area contributed by atoms with Gasteiger partial charge in [0.05, 0.1) is 10.6 Å². The van der Waals surface area contributed by atoms with Crippen LogP contribution >= 0.6 is 27.5 Å². The zero-order valence-electron chi connectivity index (χ0n) is 10.6. The Kier molecular flexibility index (Phi) is 4.82. The molecule has 0 saturated carbocycles. The average Bonchev–Trinajstić information content (AvgIpc) is 2.43. The van der Waals surface area contributed by atoms with Crippen molar-refractivity contribution in [3.63, 3.8) is 0 Å². The molecule has 0 aliphatic rings. The van der Waals surface area contributed by atoms with Crippen molar-refractivity contribution in [1.29, 1.82) is 0 Å². The molecular formula is C14H10BrClN2O3. The second kappa shape index (κ2) is 6.60. The molecule has 3 N–H and O–H groups in total. The highest BCUT2D eigenvalue weighted by atomic mass is 79.9. The summed E-state index contributed by atoms with van der Waals surface area (Å²) in [7, 11) is 0. The highest BCUT2D eigenvalue weighted by molar-refractivity contribution is 9.10. The number of carbonyl (C=O) groups is 2. The molecule has 21 heavy (non-hydrogen) atoms. The van der Waals surface area contributed by atoms with Gasteiger partial charge in [-0.3, -0.25) is 0 Å². The van der Waals surface area contributed by atoms with E-state index in [0.29, 0.717) is 20.9 Å². The molecule has 0 saturated heterocycles. The van der Waals surface area contributed by atoms with E-state index in [1.54, 1.807) is 30.3 Å². The first-order chi connectivity index (χ1) is 9.95. The van der Waals surface area contributed by atoms with E-state index in [1.807, 2.05) is 0 Å². The van der Waals surface area contributed by atoms with E-state index >= 15 is 0 Å². The summed E-state index contributed by atoms with van der Waals surface area (Å²) >= 11 is 9.12. The van der Waals surface area contributed by atoms with Gasteiger partial charge in [0, 0.05) is 15.8 Å². The molecule has 0 spiro atoms. The van der Waals surface area contributed by atoms with E-state index in [-0.39, 0.29) is 5.56 Å². The fourth-order valence-electron chi connectivity index (χ4n) is 1.60. The van der Waals surface area contributed by atoms with Gasteiger partial charge in [0.15, 0.2) is 0 Å². The Morgan fingerprint density at radius 3 is 2.33 bits per heavy atom. The molecule has 108 valence electrons. The maximum atomic E-state index is 11.8. The number of carboxylic acids is 1. The molecule has 0 fully saturated rings. The molecule has 7 heteroatoms. The average molecular weight is 370 g/mol. The molecule has 0 aliphatic carbocycles. The van der Waals surface area contributed by atoms with Crippen LogP contribution in [-0.2, 0) is 0 Å². The van der Waals surface area contributed by atoms with E-state index in [1.165, 1.54) is 12.1 Å². The van der Waals surface area contributed by atoms with E-state index in [4.69, 9.17) is 16.7 Å². The summed E-state index contributed by atoms with van der Waals surface area (Å²) in [5.41, 5.74) is 1.04. The lowest BCUT2D eigenvalue weighted by Gasteiger charge is -2.09. The number of carbonyl (C=O) groups excluding carboxylic acids is 1. The number of carboxylic acid groups (broad SMARTS) is 1. The van der Waals surface area contributed by atoms with Crippen molar-refractivity contribution in [2.45, 2.75) is 0 Å². The van der Waals surface area contributed by atoms with Gasteiger partial charge in [-0.15, -0.1) is 0 Å². The smallest absolute Gasteiger partial charge is 0.335 e. The second-order valence-electron chi connectivity index (χ2n) is 4.09. The molecule has 2 aromatic rings. The summed E-state index contributed by atoms with van der Waals surface area (Å²) in [4.78, 5) is 22.7. The Morgan fingerprint density at radius 2 is 1.71 bits per heavy atom. The van der Waals surface area contributed by atoms with Gasteiger partial charge in [-0.05, 0) is 52.3 Å². The lowest BCUT2D eigenvalue weighted by molar-refractivity contribution is 0.0697. The molecule has 5 nitrogen and oxygen atoms in total. The molecule has 0 heterocycles. The summed E-state index contributed by atoms with van der Waals surface area (Å²) in [5.74, 6) is -1.05. The van der Waals surface area contributed by atoms with Crippen LogP contribution in [0.15, 0.2) is 46.9 Å². The van der Waals surface area contributed by atoms with E-state index in [0.717, 1.165) is 0 Å². The number of hydrogen-bond acceptors (Lipinski definition) is 2. The molecule has 2 rings (SSSR count). The number of hydrogen-bond donors (Lipinski definition) is 3. The highest BCUT2D eigenvalue weighted by Crippen LogP contribution is 2.25. The van der Waals surface area contributed by atoms with Gasteiger partial charge >= 0.3 is 12.0 Å². The second-order valence-corrected chi connectivity index (χ2v) is 5.36. The van der Waals surface area contributed by atoms with Gasteiger partial charge in [-0.1, -0.05) is 17.7 Å². The monoisotopic (exact) mass is 368 g/mol. The Bertz CT molecular complexity index is 706. The van der Waals surface area contributed by atoms with Crippen molar-refractivity contribution in [3.8, 4) is 0 Å². The zero-order valence-corrected chi connectivity index (χ0v) is 12.9. The van der Waals surface area contributed by atoms with Crippen LogP contribution in [0.2, 0.25) is 5.02 Å². The van der Waals surface area contributed by atoms with Gasteiger partial charge in [0.2, 0.25) is 0 Å². The number of amides is 2. The standard InChI is InChI=1S/C14H10BrClN2O3/c15-11-7-10(4-5-12(11)16)18-14(21)17-9-3-1-2-8(6-9)13(19)20/h1-7H,(H,19,20)(H2,17,18,21). The first kappa shape index (κ1) is 15.3. The van der Waals surface area contributed by atoms with Crippen molar-refractivity contribution in [3.05, 3.63) is 57.5 Å². The van der Waals surface area contributed by atoms with Crippen LogP contribution in [0, 0.1) is 0 Å². The van der Waals surface area contributed by atoms with Crippen LogP contribution in [0.1, 0.15) is 10.4 Å². The number of benzene rings is 2. The summed E-state index contributed by atoms with van der Waals surface area (Å²) < 4.78 is 0.662. The molecular weight excluding hydrogens is 360 g/mol. The first-order valence-electron chi connectivity index (χ1n) is 5.82. The summed E-state index contributed by atoms with van der Waals surface area (Å²) in [5, 5.41) is 14.6. The van der Waals surface area contributed by atoms with Gasteiger partial charge in [0.25, 0.3) is 0 Å². The molecule has 0 radical (unpaired) electrons. The number of urea groups is 1. The number of anilines is 2. The van der Waals surface area contributed by atoms with Crippen molar-refractivity contribution in [2.75, 3.05) is 10.6 Å². The van der Waals surface area contributed by atoms with E-state index in [9.17, 15) is 9.59 Å². The molecule has 0 unspecified atom stereocenters. The third kappa shape index (κ3) is 4.21. The number of aromatic carboxylic acids is 1. The predicted molar refractivity (Wildman–Crippen MR) is 85.2 cm³/mol. The van der Waals surface area contributed by atoms with E-state index in [2.05, 4.69) is 26.6 Å². The fraction of sp³-hybridized carbons (Fsp3) is 0. The van der Waals surface area contributed by atoms with E-state index < -0.39 is 12.0 Å². The topological polar surface area (TPSA) is 78.4 Å². The maximum absolute atomic E-state index is 11.8. The van der Waals surface area contributed by atoms with Crippen molar-refractivity contribution < 1.29 is 14.7 Å². The number of halogens is 2. The maximum Gasteiger partial charge on any atom is 0.335 e. The summed E-state index contributed by atoms with van der Waals surface area (Å²) in [6.07, 6.45) is 0. The molecule has 0 aromatic heterocycles. The Hall–Kier alpha value is -2.05. The van der Waals surface area contributed by atoms with Gasteiger partial charge in [0.1, 0.15) is 0 Å². The quantitative estimate of drug-likeness (QED) is 0.748. The van der Waals surface area contributed by atoms with Gasteiger partial charge in [-0.25, -0.2) is 9.59 Å². The Balaban J connectivity index is 2.06. The minimum absolute atomic E-state index is 0.0991. The van der Waals surface area contributed by atoms with Crippen LogP contribution in [0.25, 0.3) is 0 Å². The lowest BCUT2D eigenvalue weighted by atomic mass is 10.2.